The van der Waals surface area contributed by atoms with Gasteiger partial charge in [0, 0.05) is 18.8 Å². The van der Waals surface area contributed by atoms with Gasteiger partial charge in [0.15, 0.2) is 17.0 Å². The normalized spacial score (nSPS) is 14.8. The molecule has 1 unspecified atom stereocenters. The van der Waals surface area contributed by atoms with Crippen LogP contribution in [-0.4, -0.2) is 57.8 Å². The number of imidazole rings is 1. The predicted molar refractivity (Wildman–Crippen MR) is 95.3 cm³/mol. The maximum Gasteiger partial charge on any atom is 0.357 e. The number of imide groups is 1. The highest BCUT2D eigenvalue weighted by Crippen LogP contribution is 2.23. The van der Waals surface area contributed by atoms with Crippen molar-refractivity contribution >= 4 is 29.7 Å². The fourth-order valence-corrected chi connectivity index (χ4v) is 3.18. The number of benzene rings is 1. The van der Waals surface area contributed by atoms with Gasteiger partial charge >= 0.3 is 12.0 Å². The van der Waals surface area contributed by atoms with Crippen molar-refractivity contribution in [3.63, 3.8) is 0 Å². The van der Waals surface area contributed by atoms with E-state index in [1.807, 2.05) is 0 Å². The summed E-state index contributed by atoms with van der Waals surface area (Å²) in [5.74, 6) is -1.78. The van der Waals surface area contributed by atoms with Gasteiger partial charge in [0.1, 0.15) is 5.82 Å². The van der Waals surface area contributed by atoms with E-state index in [1.54, 1.807) is 6.26 Å². The molecule has 3 amide bonds. The molecule has 0 saturated carbocycles. The predicted octanol–water partition coefficient (Wildman–Crippen LogP) is 1.83. The van der Waals surface area contributed by atoms with E-state index < -0.39 is 29.8 Å². The van der Waals surface area contributed by atoms with Crippen molar-refractivity contribution in [1.82, 2.24) is 19.8 Å². The van der Waals surface area contributed by atoms with E-state index >= 15 is 0 Å². The monoisotopic (exact) mass is 392 g/mol. The van der Waals surface area contributed by atoms with Gasteiger partial charge < -0.3 is 10.1 Å². The molecule has 0 bridgehead atoms. The lowest BCUT2D eigenvalue weighted by atomic mass is 10.3. The molecule has 1 N–H and O–H groups in total. The molecule has 10 heteroatoms. The van der Waals surface area contributed by atoms with Crippen LogP contribution in [0.15, 0.2) is 35.6 Å². The van der Waals surface area contributed by atoms with Crippen LogP contribution in [-0.2, 0) is 9.53 Å². The molecule has 0 aliphatic carbocycles. The zero-order valence-corrected chi connectivity index (χ0v) is 15.5. The Morgan fingerprint density at radius 1 is 1.33 bits per heavy atom. The first-order chi connectivity index (χ1) is 12.9. The average molecular weight is 392 g/mol. The third-order valence-corrected chi connectivity index (χ3v) is 4.61. The van der Waals surface area contributed by atoms with E-state index in [9.17, 15) is 18.8 Å². The summed E-state index contributed by atoms with van der Waals surface area (Å²) in [5.41, 5.74) is 0.625. The first kappa shape index (κ1) is 18.9. The van der Waals surface area contributed by atoms with E-state index in [0.717, 1.165) is 4.90 Å². The summed E-state index contributed by atoms with van der Waals surface area (Å²) in [7, 11) is 0. The van der Waals surface area contributed by atoms with Crippen LogP contribution >= 0.6 is 11.8 Å². The summed E-state index contributed by atoms with van der Waals surface area (Å²) in [6.07, 6.45) is 1.98. The van der Waals surface area contributed by atoms with E-state index in [2.05, 4.69) is 10.3 Å². The number of halogens is 1. The lowest BCUT2D eigenvalue weighted by Crippen LogP contribution is -2.42. The van der Waals surface area contributed by atoms with Crippen LogP contribution in [0.2, 0.25) is 0 Å². The Hall–Kier alpha value is -2.88. The molecule has 1 aromatic heterocycles. The Bertz CT molecular complexity index is 884. The first-order valence-corrected chi connectivity index (χ1v) is 9.32. The number of rotatable bonds is 5. The summed E-state index contributed by atoms with van der Waals surface area (Å²) >= 11 is 1.30. The van der Waals surface area contributed by atoms with Gasteiger partial charge in [-0.05, 0) is 37.4 Å². The van der Waals surface area contributed by atoms with Crippen LogP contribution in [0.1, 0.15) is 17.4 Å². The number of nitrogens with zero attached hydrogens (tertiary/aromatic N) is 3. The number of thioether (sulfide) groups is 1. The SMILES string of the molecule is CSc1ncc(C(=O)OC(C)C(=O)N2CCNC2=O)n1-c1ccc(F)cc1. The Morgan fingerprint density at radius 2 is 2.04 bits per heavy atom. The number of amides is 3. The molecule has 1 atom stereocenters. The van der Waals surface area contributed by atoms with Crippen LogP contribution in [0.25, 0.3) is 5.69 Å². The van der Waals surface area contributed by atoms with Gasteiger partial charge in [-0.15, -0.1) is 0 Å². The number of carbonyl (C=O) groups excluding carboxylic acids is 3. The average Bonchev–Trinajstić information content (AvgIpc) is 3.27. The number of hydrogen-bond acceptors (Lipinski definition) is 6. The Balaban J connectivity index is 1.82. The molecular formula is C17H17FN4O4S. The minimum Gasteiger partial charge on any atom is -0.448 e. The second-order valence-corrected chi connectivity index (χ2v) is 6.48. The van der Waals surface area contributed by atoms with Gasteiger partial charge in [0.2, 0.25) is 0 Å². The highest BCUT2D eigenvalue weighted by molar-refractivity contribution is 7.98. The van der Waals surface area contributed by atoms with Gasteiger partial charge in [0.25, 0.3) is 5.91 Å². The summed E-state index contributed by atoms with van der Waals surface area (Å²) in [6, 6.07) is 5.05. The van der Waals surface area contributed by atoms with Gasteiger partial charge in [-0.3, -0.25) is 14.3 Å². The van der Waals surface area contributed by atoms with Crippen LogP contribution in [0.5, 0.6) is 0 Å². The van der Waals surface area contributed by atoms with Gasteiger partial charge in [0.05, 0.1) is 6.20 Å². The topological polar surface area (TPSA) is 93.5 Å². The molecule has 1 aliphatic heterocycles. The summed E-state index contributed by atoms with van der Waals surface area (Å²) < 4.78 is 20.0. The maximum atomic E-state index is 13.2. The van der Waals surface area contributed by atoms with Crippen molar-refractivity contribution in [2.45, 2.75) is 18.2 Å². The molecule has 1 fully saturated rings. The van der Waals surface area contributed by atoms with E-state index in [-0.39, 0.29) is 12.2 Å². The van der Waals surface area contributed by atoms with Crippen molar-refractivity contribution < 1.29 is 23.5 Å². The Morgan fingerprint density at radius 3 is 2.63 bits per heavy atom. The smallest absolute Gasteiger partial charge is 0.357 e. The van der Waals surface area contributed by atoms with E-state index in [1.165, 1.54) is 53.7 Å². The number of carbonyl (C=O) groups is 3. The van der Waals surface area contributed by atoms with Crippen LogP contribution in [0.4, 0.5) is 9.18 Å². The second kappa shape index (κ2) is 7.78. The Labute approximate surface area is 158 Å². The molecule has 2 aromatic rings. The minimum atomic E-state index is -1.14. The number of nitrogens with one attached hydrogen (secondary N) is 1. The third kappa shape index (κ3) is 3.80. The fraction of sp³-hybridized carbons (Fsp3) is 0.294. The molecule has 1 aromatic carbocycles. The molecule has 0 radical (unpaired) electrons. The van der Waals surface area contributed by atoms with Gasteiger partial charge in [-0.2, -0.15) is 0 Å². The molecule has 1 aliphatic rings. The van der Waals surface area contributed by atoms with Crippen molar-refractivity contribution in [1.29, 1.82) is 0 Å². The standard InChI is InChI=1S/C17H17FN4O4S/c1-10(14(23)21-8-7-19-16(21)25)26-15(24)13-9-20-17(27-2)22(13)12-5-3-11(18)4-6-12/h3-6,9-10H,7-8H2,1-2H3,(H,19,25). The van der Waals surface area contributed by atoms with Crippen molar-refractivity contribution in [3.8, 4) is 5.69 Å². The molecular weight excluding hydrogens is 375 g/mol. The summed E-state index contributed by atoms with van der Waals surface area (Å²) in [5, 5.41) is 3.02. The zero-order valence-electron chi connectivity index (χ0n) is 14.6. The molecule has 2 heterocycles. The second-order valence-electron chi connectivity index (χ2n) is 5.71. The lowest BCUT2D eigenvalue weighted by Gasteiger charge is -2.18. The molecule has 27 heavy (non-hydrogen) atoms. The summed E-state index contributed by atoms with van der Waals surface area (Å²) in [4.78, 5) is 41.7. The van der Waals surface area contributed by atoms with Gasteiger partial charge in [-0.1, -0.05) is 11.8 Å². The van der Waals surface area contributed by atoms with E-state index in [4.69, 9.17) is 4.74 Å². The highest BCUT2D eigenvalue weighted by atomic mass is 32.2. The van der Waals surface area contributed by atoms with Crippen molar-refractivity contribution in [2.75, 3.05) is 19.3 Å². The lowest BCUT2D eigenvalue weighted by molar-refractivity contribution is -0.136. The quantitative estimate of drug-likeness (QED) is 0.616. The third-order valence-electron chi connectivity index (χ3n) is 3.96. The fourth-order valence-electron chi connectivity index (χ4n) is 2.64. The first-order valence-electron chi connectivity index (χ1n) is 8.10. The largest absolute Gasteiger partial charge is 0.448 e. The van der Waals surface area contributed by atoms with Gasteiger partial charge in [-0.25, -0.2) is 19.0 Å². The molecule has 8 nitrogen and oxygen atoms in total. The number of ether oxygens (including phenoxy) is 1. The number of esters is 1. The van der Waals surface area contributed by atoms with Crippen LogP contribution in [0.3, 0.4) is 0 Å². The molecule has 1 saturated heterocycles. The Kier molecular flexibility index (Phi) is 5.45. The van der Waals surface area contributed by atoms with E-state index in [0.29, 0.717) is 17.4 Å². The number of urea groups is 1. The highest BCUT2D eigenvalue weighted by Gasteiger charge is 2.32. The van der Waals surface area contributed by atoms with Crippen LogP contribution < -0.4 is 5.32 Å². The molecule has 0 spiro atoms. The molecule has 142 valence electrons. The van der Waals surface area contributed by atoms with Crippen molar-refractivity contribution in [2.24, 2.45) is 0 Å². The zero-order chi connectivity index (χ0) is 19.6. The number of aromatic nitrogens is 2. The van der Waals surface area contributed by atoms with Crippen LogP contribution in [0, 0.1) is 5.82 Å². The summed E-state index contributed by atoms with van der Waals surface area (Å²) in [6.45, 7) is 1.99. The minimum absolute atomic E-state index is 0.0940. The molecule has 3 rings (SSSR count). The maximum absolute atomic E-state index is 13.2. The van der Waals surface area contributed by atoms with Crippen molar-refractivity contribution in [3.05, 3.63) is 42.0 Å². The number of hydrogen-bond donors (Lipinski definition) is 1.